The van der Waals surface area contributed by atoms with Crippen LogP contribution in [-0.4, -0.2) is 43.5 Å². The summed E-state index contributed by atoms with van der Waals surface area (Å²) in [6.45, 7) is 5.93. The van der Waals surface area contributed by atoms with Crippen molar-refractivity contribution in [2.45, 2.75) is 13.8 Å². The van der Waals surface area contributed by atoms with Gasteiger partial charge in [-0.1, -0.05) is 54.6 Å². The average molecular weight is 481 g/mol. The van der Waals surface area contributed by atoms with Crippen LogP contribution in [0.5, 0.6) is 0 Å². The Balaban J connectivity index is 0.000000806. The van der Waals surface area contributed by atoms with Crippen molar-refractivity contribution < 1.29 is 13.1 Å². The maximum absolute atomic E-state index is 5.15. The molecule has 0 fully saturated rings. The van der Waals surface area contributed by atoms with Crippen LogP contribution in [0.3, 0.4) is 0 Å². The van der Waals surface area contributed by atoms with Gasteiger partial charge in [0, 0.05) is 23.1 Å². The molecule has 0 bridgehead atoms. The summed E-state index contributed by atoms with van der Waals surface area (Å²) in [5.41, 5.74) is 7.85. The normalized spacial score (nSPS) is 15.2. The van der Waals surface area contributed by atoms with Crippen LogP contribution >= 0.6 is 20.2 Å². The first kappa shape index (κ1) is 23.0. The second kappa shape index (κ2) is 10.6. The topological polar surface area (TPSA) is 28.0 Å². The van der Waals surface area contributed by atoms with Crippen LogP contribution < -0.4 is 0 Å². The van der Waals surface area contributed by atoms with Crippen molar-refractivity contribution in [1.29, 1.82) is 0 Å². The molecule has 0 unspecified atom stereocenters. The molecule has 4 rings (SSSR count). The Morgan fingerprint density at radius 1 is 0.833 bits per heavy atom. The second-order valence-electron chi connectivity index (χ2n) is 7.50. The Bertz CT molecular complexity index is 1080. The third-order valence-electron chi connectivity index (χ3n) is 5.12. The average Bonchev–Trinajstić information content (AvgIpc) is 3.00. The molecule has 0 radical (unpaired) electrons. The quantitative estimate of drug-likeness (QED) is 0.401. The molecule has 0 saturated carbocycles. The van der Waals surface area contributed by atoms with Gasteiger partial charge in [-0.2, -0.15) is 0 Å². The van der Waals surface area contributed by atoms with Gasteiger partial charge in [0.1, 0.15) is 0 Å². The third-order valence-corrected chi connectivity index (χ3v) is 5.12. The fourth-order valence-electron chi connectivity index (χ4n) is 3.72. The second-order valence-corrected chi connectivity index (χ2v) is 9.45. The fraction of sp³-hybridized carbons (Fsp3) is 0.250. The molecule has 157 valence electrons. The Morgan fingerprint density at radius 3 is 1.93 bits per heavy atom. The molecular weight excluding hydrogens is 456 g/mol. The first-order valence-electron chi connectivity index (χ1n) is 9.72. The van der Waals surface area contributed by atoms with E-state index in [1.54, 1.807) is 0 Å². The summed E-state index contributed by atoms with van der Waals surface area (Å²) in [7, 11) is 13.7. The van der Waals surface area contributed by atoms with Crippen LogP contribution in [0.25, 0.3) is 10.8 Å². The maximum atomic E-state index is 5.15. The number of rotatable bonds is 4. The molecule has 30 heavy (non-hydrogen) atoms. The van der Waals surface area contributed by atoms with E-state index in [2.05, 4.69) is 87.4 Å². The van der Waals surface area contributed by atoms with Crippen molar-refractivity contribution in [2.24, 2.45) is 9.98 Å². The van der Waals surface area contributed by atoms with Crippen LogP contribution in [0.15, 0.2) is 64.6 Å². The number of para-hydroxylation sites is 1. The van der Waals surface area contributed by atoms with Crippen molar-refractivity contribution in [3.8, 4) is 0 Å². The number of halogens is 2. The molecule has 3 aromatic rings. The first-order valence-corrected chi connectivity index (χ1v) is 13.0. The van der Waals surface area contributed by atoms with Crippen molar-refractivity contribution in [2.75, 3.05) is 27.2 Å². The van der Waals surface area contributed by atoms with E-state index in [1.807, 2.05) is 0 Å². The van der Waals surface area contributed by atoms with Gasteiger partial charge in [0.25, 0.3) is 0 Å². The molecule has 6 heteroatoms. The first-order chi connectivity index (χ1) is 14.5. The zero-order chi connectivity index (χ0) is 21.7. The number of hydrogen-bond acceptors (Lipinski definition) is 3. The van der Waals surface area contributed by atoms with Crippen LogP contribution in [0.4, 0.5) is 5.69 Å². The van der Waals surface area contributed by atoms with Gasteiger partial charge < -0.3 is 4.90 Å². The molecule has 3 aromatic carbocycles. The number of likely N-dealkylation sites (N-methyl/N-ethyl adjacent to an activating group) is 1. The van der Waals surface area contributed by atoms with Crippen LogP contribution in [0.2, 0.25) is 0 Å². The molecule has 1 aliphatic rings. The van der Waals surface area contributed by atoms with Gasteiger partial charge in [-0.05, 0) is 44.5 Å². The van der Waals surface area contributed by atoms with E-state index >= 15 is 0 Å². The Morgan fingerprint density at radius 2 is 1.37 bits per heavy atom. The Kier molecular flexibility index (Phi) is 8.10. The summed E-state index contributed by atoms with van der Waals surface area (Å²) in [6.07, 6.45) is 0. The zero-order valence-electron chi connectivity index (χ0n) is 17.6. The van der Waals surface area contributed by atoms with E-state index in [9.17, 15) is 0 Å². The molecule has 0 aromatic heterocycles. The number of hydrogen-bond donors (Lipinski definition) is 0. The number of aliphatic imine (C=N–C) groups is 2. The standard InChI is InChI=1S/C24H25N3.2ClH.Mn/c1-16-8-5-9-17(2)22(16)26-24-20-13-7-11-18-10-6-12-19(21(18)20)23(24)25-14-15-27(3)4;;;/h5-13H,14-15H2,1-4H3;2*1H;/q;;;+2/p-2. The monoisotopic (exact) mass is 480 g/mol. The zero-order valence-corrected chi connectivity index (χ0v) is 20.3. The van der Waals surface area contributed by atoms with E-state index in [0.717, 1.165) is 30.2 Å². The van der Waals surface area contributed by atoms with Crippen molar-refractivity contribution in [3.63, 3.8) is 0 Å². The Labute approximate surface area is 193 Å². The van der Waals surface area contributed by atoms with Gasteiger partial charge in [-0.3, -0.25) is 4.99 Å². The molecule has 0 heterocycles. The molecule has 0 spiro atoms. The van der Waals surface area contributed by atoms with Gasteiger partial charge >= 0.3 is 33.3 Å². The van der Waals surface area contributed by atoms with Crippen molar-refractivity contribution in [3.05, 3.63) is 76.9 Å². The van der Waals surface area contributed by atoms with E-state index in [4.69, 9.17) is 30.2 Å². The van der Waals surface area contributed by atoms with Crippen molar-refractivity contribution >= 4 is 48.1 Å². The van der Waals surface area contributed by atoms with E-state index in [-0.39, 0.29) is 13.1 Å². The summed E-state index contributed by atoms with van der Waals surface area (Å²) in [5, 5.41) is 2.52. The van der Waals surface area contributed by atoms with Gasteiger partial charge in [0.2, 0.25) is 0 Å². The Hall–Kier alpha value is -1.68. The molecular formula is C24H25Cl2MnN3. The molecule has 0 saturated heterocycles. The van der Waals surface area contributed by atoms with Crippen molar-refractivity contribution in [1.82, 2.24) is 4.90 Å². The summed E-state index contributed by atoms with van der Waals surface area (Å²) in [5.74, 6) is 0. The molecule has 0 amide bonds. The summed E-state index contributed by atoms with van der Waals surface area (Å²) in [4.78, 5) is 12.3. The van der Waals surface area contributed by atoms with E-state index in [1.165, 1.54) is 33.0 Å². The SMILES string of the molecule is Cc1cccc(C)c1N=C1C(=NCCN(C)C)c2cccc3cccc1c23.[Cl][Mn][Cl]. The summed E-state index contributed by atoms with van der Waals surface area (Å²) in [6, 6.07) is 19.2. The number of nitrogens with zero attached hydrogens (tertiary/aromatic N) is 3. The van der Waals surface area contributed by atoms with Gasteiger partial charge in [0.05, 0.1) is 23.7 Å². The van der Waals surface area contributed by atoms with Crippen LogP contribution in [0.1, 0.15) is 22.3 Å². The van der Waals surface area contributed by atoms with Crippen LogP contribution in [0, 0.1) is 13.8 Å². The summed E-state index contributed by atoms with van der Waals surface area (Å²) < 4.78 is 0. The van der Waals surface area contributed by atoms with Gasteiger partial charge in [-0.15, -0.1) is 0 Å². The minimum absolute atomic E-state index is 0.00694. The third kappa shape index (κ3) is 4.96. The minimum atomic E-state index is 0.00694. The van der Waals surface area contributed by atoms with E-state index in [0.29, 0.717) is 0 Å². The fourth-order valence-corrected chi connectivity index (χ4v) is 3.72. The van der Waals surface area contributed by atoms with Crippen LogP contribution in [-0.2, 0) is 13.1 Å². The predicted octanol–water partition coefficient (Wildman–Crippen LogP) is 6.32. The van der Waals surface area contributed by atoms with Gasteiger partial charge in [-0.25, -0.2) is 4.99 Å². The predicted molar refractivity (Wildman–Crippen MR) is 128 cm³/mol. The van der Waals surface area contributed by atoms with E-state index < -0.39 is 0 Å². The molecule has 0 N–H and O–H groups in total. The summed E-state index contributed by atoms with van der Waals surface area (Å²) >= 11 is 0.00694. The number of aryl methyl sites for hydroxylation is 2. The number of benzene rings is 3. The molecule has 0 aliphatic heterocycles. The molecule has 0 atom stereocenters. The molecule has 3 nitrogen and oxygen atoms in total. The molecule has 1 aliphatic carbocycles. The van der Waals surface area contributed by atoms with Gasteiger partial charge in [0.15, 0.2) is 0 Å².